The lowest BCUT2D eigenvalue weighted by Crippen LogP contribution is -2.48. The van der Waals surface area contributed by atoms with Crippen molar-refractivity contribution >= 4 is 25.6 Å². The Hall–Kier alpha value is -1.09. The molecule has 0 saturated heterocycles. The Morgan fingerprint density at radius 3 is 2.52 bits per heavy atom. The topological polar surface area (TPSA) is 36.3 Å². The van der Waals surface area contributed by atoms with E-state index >= 15 is 0 Å². The molecule has 1 fully saturated rings. The molecule has 1 aromatic carbocycles. The zero-order valence-electron chi connectivity index (χ0n) is 17.4. The van der Waals surface area contributed by atoms with Crippen LogP contribution in [0.1, 0.15) is 58.9 Å². The molecule has 1 aliphatic rings. The fraction of sp³-hybridized carbons (Fsp3) is 0.667. The van der Waals surface area contributed by atoms with Crippen LogP contribution in [0.3, 0.4) is 0 Å². The molecular weight excluding hydrogens is 379 g/mol. The fourth-order valence-electron chi connectivity index (χ4n) is 3.59. The number of rotatable bonds is 5. The van der Waals surface area contributed by atoms with Crippen LogP contribution in [0.2, 0.25) is 23.2 Å². The van der Waals surface area contributed by atoms with Crippen LogP contribution >= 0.6 is 11.6 Å². The van der Waals surface area contributed by atoms with E-state index in [1.807, 2.05) is 6.07 Å². The summed E-state index contributed by atoms with van der Waals surface area (Å²) in [5, 5.41) is 9.41. The lowest BCUT2D eigenvalue weighted by atomic mass is 9.91. The summed E-state index contributed by atoms with van der Waals surface area (Å²) in [6.45, 7) is 14.2. The molecule has 0 radical (unpaired) electrons. The summed E-state index contributed by atoms with van der Waals surface area (Å²) in [7, 11) is -1.81. The summed E-state index contributed by atoms with van der Waals surface area (Å²) in [5.74, 6) is -0.552. The highest BCUT2D eigenvalue weighted by atomic mass is 35.5. The van der Waals surface area contributed by atoms with Crippen molar-refractivity contribution in [1.82, 2.24) is 0 Å². The molecule has 2 atom stereocenters. The van der Waals surface area contributed by atoms with Crippen molar-refractivity contribution in [3.8, 4) is 6.07 Å². The van der Waals surface area contributed by atoms with Gasteiger partial charge in [-0.2, -0.15) is 5.26 Å². The van der Waals surface area contributed by atoms with Gasteiger partial charge >= 0.3 is 0 Å². The van der Waals surface area contributed by atoms with E-state index in [9.17, 15) is 4.39 Å². The average molecular weight is 411 g/mol. The largest absolute Gasteiger partial charge is 0.414 e. The zero-order valence-corrected chi connectivity index (χ0v) is 19.2. The van der Waals surface area contributed by atoms with E-state index in [0.29, 0.717) is 6.04 Å². The van der Waals surface area contributed by atoms with Crippen molar-refractivity contribution in [3.05, 3.63) is 28.5 Å². The van der Waals surface area contributed by atoms with Crippen molar-refractivity contribution in [1.29, 1.82) is 5.26 Å². The molecule has 1 aliphatic carbocycles. The zero-order chi connectivity index (χ0) is 20.4. The third kappa shape index (κ3) is 5.04. The van der Waals surface area contributed by atoms with Crippen LogP contribution in [-0.2, 0) is 4.43 Å². The van der Waals surface area contributed by atoms with Gasteiger partial charge < -0.3 is 9.33 Å². The van der Waals surface area contributed by atoms with Crippen LogP contribution in [-0.4, -0.2) is 27.0 Å². The standard InChI is InChI=1S/C21H32ClFN2OSi/c1-7-25(16-12-19(22)18(14-24)20(23)13-16)15-9-8-10-17(11-15)26-27(5,6)21(2,3)4/h12-13,15,17H,7-11H2,1-6H3. The molecule has 0 spiro atoms. The summed E-state index contributed by atoms with van der Waals surface area (Å²) >= 11 is 6.13. The highest BCUT2D eigenvalue weighted by Crippen LogP contribution is 2.40. The molecule has 0 N–H and O–H groups in total. The Balaban J connectivity index is 2.20. The van der Waals surface area contributed by atoms with Crippen LogP contribution in [0.4, 0.5) is 10.1 Å². The van der Waals surface area contributed by atoms with Gasteiger partial charge in [0.1, 0.15) is 17.4 Å². The summed E-state index contributed by atoms with van der Waals surface area (Å²) < 4.78 is 20.9. The molecule has 0 bridgehead atoms. The average Bonchev–Trinajstić information content (AvgIpc) is 2.54. The monoisotopic (exact) mass is 410 g/mol. The van der Waals surface area contributed by atoms with Gasteiger partial charge in [0.05, 0.1) is 5.02 Å². The van der Waals surface area contributed by atoms with Crippen molar-refractivity contribution in [2.45, 2.75) is 83.7 Å². The van der Waals surface area contributed by atoms with Gasteiger partial charge in [-0.1, -0.05) is 32.4 Å². The number of benzene rings is 1. The van der Waals surface area contributed by atoms with Crippen LogP contribution in [0.25, 0.3) is 0 Å². The van der Waals surface area contributed by atoms with Gasteiger partial charge in [0.15, 0.2) is 8.32 Å². The summed E-state index contributed by atoms with van der Waals surface area (Å²) in [6.07, 6.45) is 4.44. The second-order valence-corrected chi connectivity index (χ2v) is 14.2. The van der Waals surface area contributed by atoms with Crippen molar-refractivity contribution in [2.75, 3.05) is 11.4 Å². The highest BCUT2D eigenvalue weighted by Gasteiger charge is 2.40. The minimum Gasteiger partial charge on any atom is -0.414 e. The van der Waals surface area contributed by atoms with Crippen molar-refractivity contribution < 1.29 is 8.82 Å². The van der Waals surface area contributed by atoms with E-state index in [0.717, 1.165) is 37.9 Å². The quantitative estimate of drug-likeness (QED) is 0.519. The first-order valence-corrected chi connectivity index (χ1v) is 13.1. The molecule has 27 heavy (non-hydrogen) atoms. The molecule has 0 amide bonds. The predicted octanol–water partition coefficient (Wildman–Crippen LogP) is 6.51. The first-order chi connectivity index (χ1) is 12.5. The normalized spacial score (nSPS) is 21.0. The number of nitrogens with zero attached hydrogens (tertiary/aromatic N) is 2. The van der Waals surface area contributed by atoms with Gasteiger partial charge in [0.25, 0.3) is 0 Å². The maximum Gasteiger partial charge on any atom is 0.192 e. The van der Waals surface area contributed by atoms with E-state index in [1.54, 1.807) is 6.07 Å². The van der Waals surface area contributed by atoms with E-state index in [4.69, 9.17) is 21.3 Å². The summed E-state index contributed by atoms with van der Waals surface area (Å²) in [6, 6.07) is 5.28. The lowest BCUT2D eigenvalue weighted by Gasteiger charge is -2.44. The minimum atomic E-state index is -1.81. The number of anilines is 1. The van der Waals surface area contributed by atoms with Gasteiger partial charge in [0.2, 0.25) is 0 Å². The van der Waals surface area contributed by atoms with Gasteiger partial charge in [-0.05, 0) is 62.9 Å². The summed E-state index contributed by atoms with van der Waals surface area (Å²) in [5.41, 5.74) is 0.663. The Labute approximate surface area is 169 Å². The number of halogens is 2. The maximum absolute atomic E-state index is 14.3. The molecular formula is C21H32ClFN2OSi. The molecule has 1 saturated carbocycles. The lowest BCUT2D eigenvalue weighted by molar-refractivity contribution is 0.126. The first kappa shape index (κ1) is 22.2. The molecule has 3 nitrogen and oxygen atoms in total. The van der Waals surface area contributed by atoms with Gasteiger partial charge in [-0.3, -0.25) is 0 Å². The van der Waals surface area contributed by atoms with Crippen molar-refractivity contribution in [3.63, 3.8) is 0 Å². The van der Waals surface area contributed by atoms with Crippen LogP contribution in [0, 0.1) is 17.1 Å². The van der Waals surface area contributed by atoms with E-state index < -0.39 is 14.1 Å². The SMILES string of the molecule is CCN(c1cc(F)c(C#N)c(Cl)c1)C1CCCC(O[Si](C)(C)C(C)(C)C)C1. The Bertz CT molecular complexity index is 688. The van der Waals surface area contributed by atoms with E-state index in [2.05, 4.69) is 45.7 Å². The maximum atomic E-state index is 14.3. The predicted molar refractivity (Wildman–Crippen MR) is 113 cm³/mol. The molecule has 0 heterocycles. The van der Waals surface area contributed by atoms with E-state index in [1.165, 1.54) is 6.07 Å². The van der Waals surface area contributed by atoms with Crippen LogP contribution in [0.5, 0.6) is 0 Å². The number of nitriles is 1. The molecule has 0 aromatic heterocycles. The highest BCUT2D eigenvalue weighted by molar-refractivity contribution is 6.74. The molecule has 1 aromatic rings. The second kappa shape index (κ2) is 8.51. The molecule has 6 heteroatoms. The van der Waals surface area contributed by atoms with Gasteiger partial charge in [-0.15, -0.1) is 0 Å². The van der Waals surface area contributed by atoms with Gasteiger partial charge in [-0.25, -0.2) is 4.39 Å². The fourth-order valence-corrected chi connectivity index (χ4v) is 5.23. The smallest absolute Gasteiger partial charge is 0.192 e. The second-order valence-electron chi connectivity index (χ2n) is 9.00. The molecule has 150 valence electrons. The first-order valence-electron chi connectivity index (χ1n) is 9.83. The van der Waals surface area contributed by atoms with E-state index in [-0.39, 0.29) is 21.7 Å². The minimum absolute atomic E-state index is 0.0840. The Kier molecular flexibility index (Phi) is 6.99. The third-order valence-electron chi connectivity index (χ3n) is 6.12. The molecule has 2 unspecified atom stereocenters. The number of hydrogen-bond acceptors (Lipinski definition) is 3. The Morgan fingerprint density at radius 1 is 1.33 bits per heavy atom. The molecule has 0 aliphatic heterocycles. The summed E-state index contributed by atoms with van der Waals surface area (Å²) in [4.78, 5) is 2.21. The molecule has 2 rings (SSSR count). The number of hydrogen-bond donors (Lipinski definition) is 0. The third-order valence-corrected chi connectivity index (χ3v) is 11.0. The van der Waals surface area contributed by atoms with Crippen LogP contribution in [0.15, 0.2) is 12.1 Å². The van der Waals surface area contributed by atoms with Crippen LogP contribution < -0.4 is 4.90 Å². The van der Waals surface area contributed by atoms with Gasteiger partial charge in [0, 0.05) is 24.4 Å². The van der Waals surface area contributed by atoms with Crippen molar-refractivity contribution in [2.24, 2.45) is 0 Å². The Morgan fingerprint density at radius 2 is 2.00 bits per heavy atom.